The zero-order valence-corrected chi connectivity index (χ0v) is 12.6. The van der Waals surface area contributed by atoms with Crippen LogP contribution in [0.15, 0.2) is 41.1 Å². The van der Waals surface area contributed by atoms with Gasteiger partial charge in [-0.15, -0.1) is 0 Å². The van der Waals surface area contributed by atoms with Crippen LogP contribution in [-0.2, 0) is 6.54 Å². The van der Waals surface area contributed by atoms with Gasteiger partial charge in [0, 0.05) is 28.5 Å². The fraction of sp³-hybridized carbons (Fsp3) is 0.231. The minimum absolute atomic E-state index is 0.0122. The van der Waals surface area contributed by atoms with Crippen molar-refractivity contribution in [2.24, 2.45) is 0 Å². The molecular weight excluding hydrogens is 330 g/mol. The molecule has 0 saturated carbocycles. The van der Waals surface area contributed by atoms with Crippen LogP contribution in [0.25, 0.3) is 0 Å². The summed E-state index contributed by atoms with van der Waals surface area (Å²) in [6.45, 7) is 2.57. The van der Waals surface area contributed by atoms with E-state index >= 15 is 0 Å². The topological polar surface area (TPSA) is 46.9 Å². The van der Waals surface area contributed by atoms with E-state index in [4.69, 9.17) is 11.6 Å². The molecule has 100 valence electrons. The quantitative estimate of drug-likeness (QED) is 0.928. The largest absolute Gasteiger partial charge is 0.348 e. The third kappa shape index (κ3) is 3.81. The van der Waals surface area contributed by atoms with E-state index < -0.39 is 0 Å². The molecule has 0 spiro atoms. The molecule has 0 aliphatic carbocycles. The summed E-state index contributed by atoms with van der Waals surface area (Å²) < 4.78 is 2.49. The first-order valence-electron chi connectivity index (χ1n) is 5.79. The fourth-order valence-electron chi connectivity index (χ4n) is 1.68. The lowest BCUT2D eigenvalue weighted by Gasteiger charge is -2.14. The maximum atomic E-state index is 12.0. The van der Waals surface area contributed by atoms with Crippen molar-refractivity contribution in [1.29, 1.82) is 0 Å². The normalized spacial score (nSPS) is 12.2. The van der Waals surface area contributed by atoms with Crippen molar-refractivity contribution in [2.45, 2.75) is 19.5 Å². The summed E-state index contributed by atoms with van der Waals surface area (Å²) in [5.41, 5.74) is 0.573. The second kappa shape index (κ2) is 6.21. The lowest BCUT2D eigenvalue weighted by atomic mass is 10.2. The predicted molar refractivity (Wildman–Crippen MR) is 78.3 cm³/mol. The number of benzene rings is 1. The molecule has 1 unspecified atom stereocenters. The lowest BCUT2D eigenvalue weighted by Crippen LogP contribution is -2.35. The first-order chi connectivity index (χ1) is 9.06. The first kappa shape index (κ1) is 14.1. The van der Waals surface area contributed by atoms with E-state index in [9.17, 15) is 4.79 Å². The highest BCUT2D eigenvalue weighted by atomic mass is 79.9. The van der Waals surface area contributed by atoms with E-state index in [0.29, 0.717) is 21.6 Å². The minimum atomic E-state index is -0.128. The van der Waals surface area contributed by atoms with Gasteiger partial charge in [-0.3, -0.25) is 9.48 Å². The molecule has 1 N–H and O–H groups in total. The molecule has 2 rings (SSSR count). The fourth-order valence-corrected chi connectivity index (χ4v) is 2.18. The average Bonchev–Trinajstić information content (AvgIpc) is 2.85. The monoisotopic (exact) mass is 341 g/mol. The van der Waals surface area contributed by atoms with Crippen LogP contribution < -0.4 is 5.32 Å². The van der Waals surface area contributed by atoms with Gasteiger partial charge in [0.15, 0.2) is 0 Å². The van der Waals surface area contributed by atoms with Crippen LogP contribution in [-0.4, -0.2) is 21.7 Å². The van der Waals surface area contributed by atoms with Gasteiger partial charge < -0.3 is 5.32 Å². The Hall–Kier alpha value is -1.33. The van der Waals surface area contributed by atoms with Crippen LogP contribution in [0.1, 0.15) is 17.3 Å². The Balaban J connectivity index is 1.98. The first-order valence-corrected chi connectivity index (χ1v) is 6.96. The number of nitrogens with one attached hydrogen (secondary N) is 1. The summed E-state index contributed by atoms with van der Waals surface area (Å²) in [5.74, 6) is -0.128. The molecule has 0 aliphatic rings. The van der Waals surface area contributed by atoms with Crippen LogP contribution in [0.3, 0.4) is 0 Å². The van der Waals surface area contributed by atoms with E-state index in [1.165, 1.54) is 0 Å². The molecule has 0 radical (unpaired) electrons. The molecule has 0 aliphatic heterocycles. The molecule has 1 amide bonds. The van der Waals surface area contributed by atoms with E-state index in [2.05, 4.69) is 26.3 Å². The van der Waals surface area contributed by atoms with Gasteiger partial charge in [-0.1, -0.05) is 11.6 Å². The Morgan fingerprint density at radius 1 is 1.58 bits per heavy atom. The Bertz CT molecular complexity index is 571. The molecule has 6 heteroatoms. The second-order valence-electron chi connectivity index (χ2n) is 4.23. The Morgan fingerprint density at radius 3 is 3.00 bits per heavy atom. The van der Waals surface area contributed by atoms with Gasteiger partial charge in [0.1, 0.15) is 0 Å². The van der Waals surface area contributed by atoms with Gasteiger partial charge in [0.2, 0.25) is 0 Å². The number of rotatable bonds is 4. The molecular formula is C13H13BrClN3O. The van der Waals surface area contributed by atoms with Crippen molar-refractivity contribution in [3.8, 4) is 0 Å². The highest BCUT2D eigenvalue weighted by Gasteiger charge is 2.11. The molecule has 1 heterocycles. The summed E-state index contributed by atoms with van der Waals surface area (Å²) >= 11 is 9.20. The second-order valence-corrected chi connectivity index (χ2v) is 5.49. The molecule has 1 atom stereocenters. The van der Waals surface area contributed by atoms with Gasteiger partial charge in [0.25, 0.3) is 5.91 Å². The van der Waals surface area contributed by atoms with E-state index in [1.807, 2.05) is 19.2 Å². The number of aromatic nitrogens is 2. The van der Waals surface area contributed by atoms with Crippen LogP contribution in [0.4, 0.5) is 0 Å². The maximum absolute atomic E-state index is 12.0. The Kier molecular flexibility index (Phi) is 4.61. The number of hydrogen-bond donors (Lipinski definition) is 1. The molecule has 1 aromatic heterocycles. The number of halogens is 2. The zero-order valence-electron chi connectivity index (χ0n) is 10.3. The van der Waals surface area contributed by atoms with Crippen LogP contribution in [0.2, 0.25) is 5.02 Å². The van der Waals surface area contributed by atoms with Crippen molar-refractivity contribution in [1.82, 2.24) is 15.1 Å². The Labute approximate surface area is 124 Å². The average molecular weight is 343 g/mol. The van der Waals surface area contributed by atoms with Crippen LogP contribution >= 0.6 is 27.5 Å². The van der Waals surface area contributed by atoms with Crippen molar-refractivity contribution in [3.05, 3.63) is 51.7 Å². The van der Waals surface area contributed by atoms with Crippen LogP contribution in [0.5, 0.6) is 0 Å². The Morgan fingerprint density at radius 2 is 2.37 bits per heavy atom. The predicted octanol–water partition coefficient (Wildman–Crippen LogP) is 3.12. The standard InChI is InChI=1S/C13H13BrClN3O/c1-9(8-18-6-2-5-16-18)17-13(19)10-3-4-12(15)11(14)7-10/h2-7,9H,8H2,1H3,(H,17,19). The minimum Gasteiger partial charge on any atom is -0.348 e. The van der Waals surface area contributed by atoms with Gasteiger partial charge in [0.05, 0.1) is 11.6 Å². The van der Waals surface area contributed by atoms with Gasteiger partial charge in [-0.05, 0) is 47.1 Å². The number of hydrogen-bond acceptors (Lipinski definition) is 2. The van der Waals surface area contributed by atoms with Crippen molar-refractivity contribution < 1.29 is 4.79 Å². The summed E-state index contributed by atoms with van der Waals surface area (Å²) in [7, 11) is 0. The molecule has 1 aromatic carbocycles. The van der Waals surface area contributed by atoms with E-state index in [0.717, 1.165) is 0 Å². The maximum Gasteiger partial charge on any atom is 0.251 e. The number of nitrogens with zero attached hydrogens (tertiary/aromatic N) is 2. The number of carbonyl (C=O) groups excluding carboxylic acids is 1. The summed E-state index contributed by atoms with van der Waals surface area (Å²) in [5, 5.41) is 7.60. The smallest absolute Gasteiger partial charge is 0.251 e. The van der Waals surface area contributed by atoms with Gasteiger partial charge in [-0.25, -0.2) is 0 Å². The summed E-state index contributed by atoms with van der Waals surface area (Å²) in [6.07, 6.45) is 3.58. The lowest BCUT2D eigenvalue weighted by molar-refractivity contribution is 0.0936. The molecule has 0 saturated heterocycles. The third-order valence-corrected chi connectivity index (χ3v) is 3.79. The molecule has 0 fully saturated rings. The summed E-state index contributed by atoms with van der Waals surface area (Å²) in [6, 6.07) is 6.94. The van der Waals surface area contributed by atoms with E-state index in [1.54, 1.807) is 29.1 Å². The van der Waals surface area contributed by atoms with Gasteiger partial charge >= 0.3 is 0 Å². The molecule has 2 aromatic rings. The van der Waals surface area contributed by atoms with Crippen LogP contribution in [0, 0.1) is 0 Å². The number of amides is 1. The molecule has 0 bridgehead atoms. The zero-order chi connectivity index (χ0) is 13.8. The molecule has 4 nitrogen and oxygen atoms in total. The van der Waals surface area contributed by atoms with Crippen molar-refractivity contribution in [2.75, 3.05) is 0 Å². The summed E-state index contributed by atoms with van der Waals surface area (Å²) in [4.78, 5) is 12.0. The van der Waals surface area contributed by atoms with Crippen molar-refractivity contribution in [3.63, 3.8) is 0 Å². The van der Waals surface area contributed by atoms with Gasteiger partial charge in [-0.2, -0.15) is 5.10 Å². The highest BCUT2D eigenvalue weighted by molar-refractivity contribution is 9.10. The highest BCUT2D eigenvalue weighted by Crippen LogP contribution is 2.23. The van der Waals surface area contributed by atoms with E-state index in [-0.39, 0.29) is 11.9 Å². The molecule has 19 heavy (non-hydrogen) atoms. The van der Waals surface area contributed by atoms with Crippen molar-refractivity contribution >= 4 is 33.4 Å². The number of carbonyl (C=O) groups is 1. The SMILES string of the molecule is CC(Cn1cccn1)NC(=O)c1ccc(Cl)c(Br)c1. The third-order valence-electron chi connectivity index (χ3n) is 2.58.